The zero-order valence-corrected chi connectivity index (χ0v) is 22.5. The summed E-state index contributed by atoms with van der Waals surface area (Å²) in [4.78, 5) is 50.0. The summed E-state index contributed by atoms with van der Waals surface area (Å²) in [7, 11) is 0. The standard InChI is InChI=1S/C29H26N6O4S/c1-3-23(36)32-19-7-4-8-20(19)33-27(37)26-25-24-22(11-13-31-28(24)40-26)35(29(38)34-25)21-10-9-17(14-16(21)2)39-18-6-5-12-30-15-18/h3,5-6,9-15,19-20H,1,4,7-8H2,2H3,(H,32,36)(H,33,37)(H,34,38)/t19-,20+/m0/s1. The number of aryl methyl sites for hydroxylation is 1. The molecule has 1 saturated carbocycles. The number of hydrogen-bond acceptors (Lipinski definition) is 7. The second-order valence-corrected chi connectivity index (χ2v) is 10.7. The number of hydrogen-bond donors (Lipinski definition) is 3. The molecule has 0 saturated heterocycles. The molecule has 0 spiro atoms. The average molecular weight is 555 g/mol. The van der Waals surface area contributed by atoms with Crippen LogP contribution in [0.1, 0.15) is 34.5 Å². The Kier molecular flexibility index (Phi) is 6.64. The Bertz CT molecular complexity index is 1650. The van der Waals surface area contributed by atoms with Crippen LogP contribution in [0.2, 0.25) is 0 Å². The minimum Gasteiger partial charge on any atom is -0.456 e. The third-order valence-corrected chi connectivity index (χ3v) is 8.17. The van der Waals surface area contributed by atoms with Crippen LogP contribution in [0.15, 0.2) is 67.6 Å². The average Bonchev–Trinajstić information content (AvgIpc) is 3.55. The minimum absolute atomic E-state index is 0.174. The molecule has 1 aliphatic carbocycles. The van der Waals surface area contributed by atoms with Crippen molar-refractivity contribution in [1.29, 1.82) is 0 Å². The Morgan fingerprint density at radius 1 is 1.12 bits per heavy atom. The van der Waals surface area contributed by atoms with Crippen LogP contribution in [0, 0.1) is 6.92 Å². The Balaban J connectivity index is 1.30. The highest BCUT2D eigenvalue weighted by molar-refractivity contribution is 7.21. The molecule has 40 heavy (non-hydrogen) atoms. The highest BCUT2D eigenvalue weighted by atomic mass is 32.1. The molecule has 1 aliphatic heterocycles. The van der Waals surface area contributed by atoms with Crippen LogP contribution in [0.25, 0.3) is 10.2 Å². The lowest BCUT2D eigenvalue weighted by atomic mass is 10.1. The topological polar surface area (TPSA) is 126 Å². The number of ether oxygens (including phenoxy) is 1. The van der Waals surface area contributed by atoms with E-state index in [1.807, 2.05) is 25.1 Å². The molecule has 11 heteroatoms. The van der Waals surface area contributed by atoms with Gasteiger partial charge in [0.15, 0.2) is 0 Å². The van der Waals surface area contributed by atoms with E-state index in [0.717, 1.165) is 24.8 Å². The molecule has 2 aliphatic rings. The molecule has 2 atom stereocenters. The van der Waals surface area contributed by atoms with Crippen molar-refractivity contribution in [3.8, 4) is 11.5 Å². The fraction of sp³-hybridized carbons (Fsp3) is 0.207. The number of amides is 4. The summed E-state index contributed by atoms with van der Waals surface area (Å²) in [5.41, 5.74) is 2.59. The number of urea groups is 1. The zero-order valence-electron chi connectivity index (χ0n) is 21.6. The van der Waals surface area contributed by atoms with E-state index >= 15 is 0 Å². The van der Waals surface area contributed by atoms with Crippen molar-refractivity contribution >= 4 is 56.5 Å². The maximum absolute atomic E-state index is 13.5. The molecule has 3 N–H and O–H groups in total. The van der Waals surface area contributed by atoms with E-state index in [9.17, 15) is 14.4 Å². The van der Waals surface area contributed by atoms with Crippen LogP contribution in [-0.2, 0) is 4.79 Å². The van der Waals surface area contributed by atoms with Crippen LogP contribution in [0.4, 0.5) is 21.9 Å². The van der Waals surface area contributed by atoms with Gasteiger partial charge in [-0.15, -0.1) is 11.3 Å². The highest BCUT2D eigenvalue weighted by Crippen LogP contribution is 2.46. The quantitative estimate of drug-likeness (QED) is 0.262. The van der Waals surface area contributed by atoms with Gasteiger partial charge in [0.2, 0.25) is 5.91 Å². The number of nitrogens with one attached hydrogen (secondary N) is 3. The summed E-state index contributed by atoms with van der Waals surface area (Å²) in [5.74, 6) is 0.657. The van der Waals surface area contributed by atoms with E-state index in [4.69, 9.17) is 4.74 Å². The first-order valence-electron chi connectivity index (χ1n) is 12.9. The number of carbonyl (C=O) groups is 3. The first-order valence-corrected chi connectivity index (χ1v) is 13.7. The lowest BCUT2D eigenvalue weighted by Crippen LogP contribution is -2.48. The van der Waals surface area contributed by atoms with E-state index < -0.39 is 0 Å². The number of aromatic nitrogens is 2. The summed E-state index contributed by atoms with van der Waals surface area (Å²) < 4.78 is 5.90. The van der Waals surface area contributed by atoms with E-state index in [0.29, 0.717) is 43.7 Å². The van der Waals surface area contributed by atoms with Gasteiger partial charge in [-0.2, -0.15) is 0 Å². The Morgan fingerprint density at radius 2 is 1.95 bits per heavy atom. The van der Waals surface area contributed by atoms with Crippen molar-refractivity contribution < 1.29 is 19.1 Å². The van der Waals surface area contributed by atoms with Gasteiger partial charge in [-0.1, -0.05) is 6.58 Å². The molecule has 10 nitrogen and oxygen atoms in total. The number of benzene rings is 1. The van der Waals surface area contributed by atoms with Crippen molar-refractivity contribution in [2.45, 2.75) is 38.3 Å². The third-order valence-electron chi connectivity index (χ3n) is 7.08. The molecule has 1 aromatic carbocycles. The normalized spacial score (nSPS) is 17.8. The Labute approximate surface area is 234 Å². The van der Waals surface area contributed by atoms with E-state index in [1.54, 1.807) is 41.7 Å². The third kappa shape index (κ3) is 4.64. The highest BCUT2D eigenvalue weighted by Gasteiger charge is 2.35. The molecule has 0 bridgehead atoms. The molecule has 1 fully saturated rings. The van der Waals surface area contributed by atoms with Crippen LogP contribution < -0.4 is 25.6 Å². The van der Waals surface area contributed by atoms with Crippen LogP contribution in [0.5, 0.6) is 11.5 Å². The molecular weight excluding hydrogens is 528 g/mol. The van der Waals surface area contributed by atoms with Crippen molar-refractivity contribution in [3.05, 3.63) is 78.1 Å². The second kappa shape index (κ2) is 10.4. The predicted molar refractivity (Wildman–Crippen MR) is 154 cm³/mol. The number of thiophene rings is 1. The minimum atomic E-state index is -0.381. The second-order valence-electron chi connectivity index (χ2n) is 9.65. The first kappa shape index (κ1) is 25.5. The number of carbonyl (C=O) groups excluding carboxylic acids is 3. The molecule has 202 valence electrons. The number of rotatable bonds is 7. The lowest BCUT2D eigenvalue weighted by Gasteiger charge is -2.29. The fourth-order valence-corrected chi connectivity index (χ4v) is 6.27. The first-order chi connectivity index (χ1) is 19.4. The van der Waals surface area contributed by atoms with Gasteiger partial charge in [0.1, 0.15) is 21.2 Å². The van der Waals surface area contributed by atoms with Crippen molar-refractivity contribution in [1.82, 2.24) is 20.6 Å². The van der Waals surface area contributed by atoms with Gasteiger partial charge in [0.05, 0.1) is 28.6 Å². The van der Waals surface area contributed by atoms with Crippen molar-refractivity contribution in [2.24, 2.45) is 0 Å². The van der Waals surface area contributed by atoms with Crippen molar-refractivity contribution in [2.75, 3.05) is 10.2 Å². The fourth-order valence-electron chi connectivity index (χ4n) is 5.25. The van der Waals surface area contributed by atoms with Crippen LogP contribution in [-0.4, -0.2) is 39.9 Å². The summed E-state index contributed by atoms with van der Waals surface area (Å²) in [6, 6.07) is 10.1. The van der Waals surface area contributed by atoms with Gasteiger partial charge in [-0.05, 0) is 74.2 Å². The molecular formula is C29H26N6O4S. The molecule has 4 amide bonds. The van der Waals surface area contributed by atoms with Gasteiger partial charge in [0.25, 0.3) is 5.91 Å². The monoisotopic (exact) mass is 554 g/mol. The van der Waals surface area contributed by atoms with E-state index in [1.165, 1.54) is 17.4 Å². The largest absolute Gasteiger partial charge is 0.456 e. The van der Waals surface area contributed by atoms with Gasteiger partial charge in [0, 0.05) is 24.5 Å². The van der Waals surface area contributed by atoms with E-state index in [-0.39, 0.29) is 29.9 Å². The maximum atomic E-state index is 13.5. The Morgan fingerprint density at radius 3 is 2.70 bits per heavy atom. The molecule has 4 heterocycles. The van der Waals surface area contributed by atoms with Gasteiger partial charge >= 0.3 is 6.03 Å². The van der Waals surface area contributed by atoms with Crippen molar-refractivity contribution in [3.63, 3.8) is 0 Å². The maximum Gasteiger partial charge on any atom is 0.331 e. The molecule has 6 rings (SSSR count). The molecule has 0 radical (unpaired) electrons. The summed E-state index contributed by atoms with van der Waals surface area (Å²) in [5, 5.41) is 9.59. The molecule has 4 aromatic rings. The summed E-state index contributed by atoms with van der Waals surface area (Å²) in [6.45, 7) is 5.41. The number of nitrogens with zero attached hydrogens (tertiary/aromatic N) is 3. The smallest absolute Gasteiger partial charge is 0.331 e. The molecule has 3 aromatic heterocycles. The van der Waals surface area contributed by atoms with Crippen LogP contribution in [0.3, 0.4) is 0 Å². The zero-order chi connectivity index (χ0) is 27.8. The van der Waals surface area contributed by atoms with Gasteiger partial charge in [-0.25, -0.2) is 9.78 Å². The van der Waals surface area contributed by atoms with E-state index in [2.05, 4.69) is 32.5 Å². The molecule has 0 unspecified atom stereocenters. The van der Waals surface area contributed by atoms with Gasteiger partial charge in [-0.3, -0.25) is 19.5 Å². The van der Waals surface area contributed by atoms with Crippen LogP contribution >= 0.6 is 11.3 Å². The number of anilines is 3. The Hall–Kier alpha value is -4.77. The number of pyridine rings is 2. The lowest BCUT2D eigenvalue weighted by molar-refractivity contribution is -0.117. The summed E-state index contributed by atoms with van der Waals surface area (Å²) >= 11 is 1.23. The predicted octanol–water partition coefficient (Wildman–Crippen LogP) is 5.43. The van der Waals surface area contributed by atoms with Gasteiger partial charge < -0.3 is 20.7 Å². The SMILES string of the molecule is C=CC(=O)N[C@H]1CCC[C@H]1NC(=O)c1sc2nccc3c2c1NC(=O)N3c1ccc(Oc2cccnc2)cc1C. The summed E-state index contributed by atoms with van der Waals surface area (Å²) in [6.07, 6.45) is 8.57.